The molecule has 3 aromatic rings. The van der Waals surface area contributed by atoms with E-state index < -0.39 is 0 Å². The SMILES string of the molecule is CC(C)CC(=O)Nc1ccc(C(=O)Nc2ccc(C(=O)Nc3nccs3)cc2)cc1. The summed E-state index contributed by atoms with van der Waals surface area (Å²) in [5.41, 5.74) is 2.14. The Labute approximate surface area is 178 Å². The van der Waals surface area contributed by atoms with Gasteiger partial charge in [0, 0.05) is 40.5 Å². The van der Waals surface area contributed by atoms with Crippen LogP contribution in [0.2, 0.25) is 0 Å². The molecule has 1 aromatic heterocycles. The van der Waals surface area contributed by atoms with Crippen LogP contribution in [-0.2, 0) is 4.79 Å². The molecular formula is C22H22N4O3S. The number of thiazole rings is 1. The van der Waals surface area contributed by atoms with Gasteiger partial charge in [-0.2, -0.15) is 0 Å². The Kier molecular flexibility index (Phi) is 6.92. The molecule has 30 heavy (non-hydrogen) atoms. The molecule has 0 aliphatic rings. The maximum atomic E-state index is 12.4. The Morgan fingerprint density at radius 1 is 0.833 bits per heavy atom. The van der Waals surface area contributed by atoms with Crippen molar-refractivity contribution in [1.82, 2.24) is 4.98 Å². The number of aromatic nitrogens is 1. The Morgan fingerprint density at radius 3 is 1.87 bits per heavy atom. The van der Waals surface area contributed by atoms with Crippen LogP contribution in [0.1, 0.15) is 41.0 Å². The second-order valence-corrected chi connectivity index (χ2v) is 7.94. The minimum Gasteiger partial charge on any atom is -0.326 e. The molecule has 3 rings (SSSR count). The fourth-order valence-electron chi connectivity index (χ4n) is 2.65. The maximum absolute atomic E-state index is 12.4. The first kappa shape index (κ1) is 21.2. The fraction of sp³-hybridized carbons (Fsp3) is 0.182. The first-order valence-electron chi connectivity index (χ1n) is 9.43. The number of hydrogen-bond acceptors (Lipinski definition) is 5. The van der Waals surface area contributed by atoms with Gasteiger partial charge in [0.2, 0.25) is 5.91 Å². The molecule has 3 N–H and O–H groups in total. The van der Waals surface area contributed by atoms with Crippen molar-refractivity contribution in [2.45, 2.75) is 20.3 Å². The van der Waals surface area contributed by atoms with Crippen molar-refractivity contribution in [3.63, 3.8) is 0 Å². The molecule has 0 saturated heterocycles. The number of rotatable bonds is 7. The summed E-state index contributed by atoms with van der Waals surface area (Å²) >= 11 is 1.34. The van der Waals surface area contributed by atoms with Crippen LogP contribution in [0.5, 0.6) is 0 Å². The van der Waals surface area contributed by atoms with Crippen LogP contribution in [-0.4, -0.2) is 22.7 Å². The third-order valence-corrected chi connectivity index (χ3v) is 4.77. The van der Waals surface area contributed by atoms with Crippen LogP contribution in [0, 0.1) is 5.92 Å². The number of carbonyl (C=O) groups excluding carboxylic acids is 3. The van der Waals surface area contributed by atoms with E-state index in [1.54, 1.807) is 60.1 Å². The number of nitrogens with one attached hydrogen (secondary N) is 3. The van der Waals surface area contributed by atoms with Crippen LogP contribution in [0.3, 0.4) is 0 Å². The summed E-state index contributed by atoms with van der Waals surface area (Å²) in [6.07, 6.45) is 2.06. The first-order valence-corrected chi connectivity index (χ1v) is 10.3. The van der Waals surface area contributed by atoms with Crippen LogP contribution in [0.15, 0.2) is 60.1 Å². The summed E-state index contributed by atoms with van der Waals surface area (Å²) in [7, 11) is 0. The summed E-state index contributed by atoms with van der Waals surface area (Å²) in [4.78, 5) is 40.4. The molecule has 154 valence electrons. The molecule has 0 saturated carbocycles. The van der Waals surface area contributed by atoms with Crippen molar-refractivity contribution >= 4 is 45.6 Å². The third kappa shape index (κ3) is 5.99. The minimum absolute atomic E-state index is 0.0545. The van der Waals surface area contributed by atoms with Gasteiger partial charge < -0.3 is 10.6 Å². The standard InChI is InChI=1S/C22H22N4O3S/c1-14(2)13-19(27)24-17-7-3-15(4-8-17)20(28)25-18-9-5-16(6-10-18)21(29)26-22-23-11-12-30-22/h3-12,14H,13H2,1-2H3,(H,24,27)(H,25,28)(H,23,26,29). The first-order chi connectivity index (χ1) is 14.4. The van der Waals surface area contributed by atoms with E-state index >= 15 is 0 Å². The summed E-state index contributed by atoms with van der Waals surface area (Å²) in [6.45, 7) is 3.96. The van der Waals surface area contributed by atoms with E-state index in [1.165, 1.54) is 11.3 Å². The normalized spacial score (nSPS) is 10.5. The molecule has 0 atom stereocenters. The van der Waals surface area contributed by atoms with E-state index in [1.807, 2.05) is 13.8 Å². The van der Waals surface area contributed by atoms with Crippen molar-refractivity contribution in [2.24, 2.45) is 5.92 Å². The topological polar surface area (TPSA) is 100 Å². The number of benzene rings is 2. The highest BCUT2D eigenvalue weighted by Gasteiger charge is 2.10. The van der Waals surface area contributed by atoms with Gasteiger partial charge in [-0.15, -0.1) is 11.3 Å². The molecular weight excluding hydrogens is 400 g/mol. The number of nitrogens with zero attached hydrogens (tertiary/aromatic N) is 1. The lowest BCUT2D eigenvalue weighted by Crippen LogP contribution is -2.15. The largest absolute Gasteiger partial charge is 0.326 e. The van der Waals surface area contributed by atoms with Crippen molar-refractivity contribution in [2.75, 3.05) is 16.0 Å². The van der Waals surface area contributed by atoms with Crippen LogP contribution < -0.4 is 16.0 Å². The smallest absolute Gasteiger partial charge is 0.257 e. The zero-order chi connectivity index (χ0) is 21.5. The van der Waals surface area contributed by atoms with E-state index in [0.29, 0.717) is 34.1 Å². The number of carbonyl (C=O) groups is 3. The van der Waals surface area contributed by atoms with E-state index in [9.17, 15) is 14.4 Å². The van der Waals surface area contributed by atoms with E-state index in [4.69, 9.17) is 0 Å². The molecule has 7 nitrogen and oxygen atoms in total. The highest BCUT2D eigenvalue weighted by atomic mass is 32.1. The van der Waals surface area contributed by atoms with Gasteiger partial charge in [-0.1, -0.05) is 13.8 Å². The van der Waals surface area contributed by atoms with Crippen LogP contribution in [0.25, 0.3) is 0 Å². The number of hydrogen-bond donors (Lipinski definition) is 3. The maximum Gasteiger partial charge on any atom is 0.257 e. The molecule has 0 fully saturated rings. The predicted octanol–water partition coefficient (Wildman–Crippen LogP) is 4.63. The van der Waals surface area contributed by atoms with Gasteiger partial charge in [0.25, 0.3) is 11.8 Å². The highest BCUT2D eigenvalue weighted by Crippen LogP contribution is 2.16. The second kappa shape index (κ2) is 9.80. The molecule has 0 aliphatic carbocycles. The summed E-state index contributed by atoms with van der Waals surface area (Å²) in [6, 6.07) is 13.3. The fourth-order valence-corrected chi connectivity index (χ4v) is 3.17. The Bertz CT molecular complexity index is 1010. The third-order valence-electron chi connectivity index (χ3n) is 4.08. The molecule has 2 aromatic carbocycles. The molecule has 3 amide bonds. The molecule has 0 unspecified atom stereocenters. The lowest BCUT2D eigenvalue weighted by molar-refractivity contribution is -0.116. The Balaban J connectivity index is 1.56. The van der Waals surface area contributed by atoms with E-state index in [-0.39, 0.29) is 23.6 Å². The highest BCUT2D eigenvalue weighted by molar-refractivity contribution is 7.13. The van der Waals surface area contributed by atoms with Crippen LogP contribution >= 0.6 is 11.3 Å². The van der Waals surface area contributed by atoms with Crippen LogP contribution in [0.4, 0.5) is 16.5 Å². The quantitative estimate of drug-likeness (QED) is 0.517. The van der Waals surface area contributed by atoms with Crippen molar-refractivity contribution in [3.05, 3.63) is 71.2 Å². The molecule has 0 aliphatic heterocycles. The Morgan fingerprint density at radius 2 is 1.37 bits per heavy atom. The van der Waals surface area contributed by atoms with E-state index in [2.05, 4.69) is 20.9 Å². The van der Waals surface area contributed by atoms with E-state index in [0.717, 1.165) is 0 Å². The van der Waals surface area contributed by atoms with Crippen molar-refractivity contribution < 1.29 is 14.4 Å². The van der Waals surface area contributed by atoms with Crippen molar-refractivity contribution in [3.8, 4) is 0 Å². The summed E-state index contributed by atoms with van der Waals surface area (Å²) in [5, 5.41) is 10.6. The van der Waals surface area contributed by atoms with Gasteiger partial charge in [0.1, 0.15) is 0 Å². The zero-order valence-corrected chi connectivity index (χ0v) is 17.5. The average Bonchev–Trinajstić information content (AvgIpc) is 3.21. The molecule has 0 radical (unpaired) electrons. The summed E-state index contributed by atoms with van der Waals surface area (Å²) in [5.74, 6) is -0.325. The number of amides is 3. The number of anilines is 3. The van der Waals surface area contributed by atoms with Gasteiger partial charge in [-0.3, -0.25) is 19.7 Å². The molecule has 8 heteroatoms. The zero-order valence-electron chi connectivity index (χ0n) is 16.6. The second-order valence-electron chi connectivity index (χ2n) is 7.05. The van der Waals surface area contributed by atoms with Gasteiger partial charge in [0.15, 0.2) is 5.13 Å². The van der Waals surface area contributed by atoms with Gasteiger partial charge in [0.05, 0.1) is 0 Å². The molecule has 1 heterocycles. The molecule has 0 spiro atoms. The molecule has 0 bridgehead atoms. The van der Waals surface area contributed by atoms with Crippen molar-refractivity contribution in [1.29, 1.82) is 0 Å². The predicted molar refractivity (Wildman–Crippen MR) is 119 cm³/mol. The van der Waals surface area contributed by atoms with Gasteiger partial charge >= 0.3 is 0 Å². The lowest BCUT2D eigenvalue weighted by Gasteiger charge is -2.09. The average molecular weight is 423 g/mol. The summed E-state index contributed by atoms with van der Waals surface area (Å²) < 4.78 is 0. The lowest BCUT2D eigenvalue weighted by atomic mass is 10.1. The minimum atomic E-state index is -0.282. The monoisotopic (exact) mass is 422 g/mol. The van der Waals surface area contributed by atoms with Gasteiger partial charge in [-0.25, -0.2) is 4.98 Å². The Hall–Kier alpha value is -3.52. The van der Waals surface area contributed by atoms with Gasteiger partial charge in [-0.05, 0) is 54.4 Å².